The average molecular weight is 264 g/mol. The highest BCUT2D eigenvalue weighted by atomic mass is 35.5. The van der Waals surface area contributed by atoms with Crippen molar-refractivity contribution < 1.29 is 9.34 Å². The van der Waals surface area contributed by atoms with Crippen molar-refractivity contribution in [3.05, 3.63) is 63.0 Å². The van der Waals surface area contributed by atoms with Crippen LogP contribution in [0.15, 0.2) is 46.5 Å². The molecule has 0 saturated heterocycles. The second-order valence-corrected chi connectivity index (χ2v) is 4.19. The van der Waals surface area contributed by atoms with E-state index in [4.69, 9.17) is 16.0 Å². The van der Waals surface area contributed by atoms with Crippen LogP contribution in [0.2, 0.25) is 5.02 Å². The summed E-state index contributed by atoms with van der Waals surface area (Å²) in [7, 11) is 0. The SMILES string of the molecule is C/C(=C\c1ccc(-c2cccc(Cl)c2)o1)[N+](=O)[O-]. The molecule has 0 unspecified atom stereocenters. The molecule has 0 saturated carbocycles. The molecular formula is C13H10ClNO3. The van der Waals surface area contributed by atoms with E-state index in [-0.39, 0.29) is 5.70 Å². The fraction of sp³-hybridized carbons (Fsp3) is 0.0769. The third-order valence-electron chi connectivity index (χ3n) is 2.38. The van der Waals surface area contributed by atoms with Gasteiger partial charge < -0.3 is 4.42 Å². The van der Waals surface area contributed by atoms with E-state index in [1.54, 1.807) is 24.3 Å². The largest absolute Gasteiger partial charge is 0.456 e. The lowest BCUT2D eigenvalue weighted by molar-refractivity contribution is -0.422. The van der Waals surface area contributed by atoms with Crippen molar-refractivity contribution in [3.63, 3.8) is 0 Å². The molecule has 1 heterocycles. The number of hydrogen-bond acceptors (Lipinski definition) is 3. The van der Waals surface area contributed by atoms with E-state index in [2.05, 4.69) is 0 Å². The molecule has 0 atom stereocenters. The summed E-state index contributed by atoms with van der Waals surface area (Å²) >= 11 is 5.88. The lowest BCUT2D eigenvalue weighted by Crippen LogP contribution is -1.92. The van der Waals surface area contributed by atoms with E-state index in [9.17, 15) is 10.1 Å². The zero-order valence-corrected chi connectivity index (χ0v) is 10.3. The number of nitrogens with zero attached hydrogens (tertiary/aromatic N) is 1. The van der Waals surface area contributed by atoms with Crippen molar-refractivity contribution in [1.82, 2.24) is 0 Å². The van der Waals surface area contributed by atoms with Crippen molar-refractivity contribution in [1.29, 1.82) is 0 Å². The van der Waals surface area contributed by atoms with Crippen LogP contribution >= 0.6 is 11.6 Å². The smallest absolute Gasteiger partial charge is 0.246 e. The number of nitro groups is 1. The maximum absolute atomic E-state index is 10.5. The summed E-state index contributed by atoms with van der Waals surface area (Å²) in [5.74, 6) is 1.07. The molecule has 4 nitrogen and oxygen atoms in total. The molecule has 0 radical (unpaired) electrons. The number of benzene rings is 1. The van der Waals surface area contributed by atoms with Crippen LogP contribution in [0.3, 0.4) is 0 Å². The van der Waals surface area contributed by atoms with Crippen LogP contribution in [0.1, 0.15) is 12.7 Å². The van der Waals surface area contributed by atoms with Crippen molar-refractivity contribution >= 4 is 17.7 Å². The van der Waals surface area contributed by atoms with Gasteiger partial charge in [-0.15, -0.1) is 0 Å². The van der Waals surface area contributed by atoms with Gasteiger partial charge in [-0.25, -0.2) is 0 Å². The first-order valence-corrected chi connectivity index (χ1v) is 5.62. The average Bonchev–Trinajstić information content (AvgIpc) is 2.77. The highest BCUT2D eigenvalue weighted by Crippen LogP contribution is 2.25. The van der Waals surface area contributed by atoms with E-state index >= 15 is 0 Å². The van der Waals surface area contributed by atoms with Gasteiger partial charge in [0.25, 0.3) is 0 Å². The van der Waals surface area contributed by atoms with E-state index in [0.29, 0.717) is 16.5 Å². The van der Waals surface area contributed by atoms with Crippen molar-refractivity contribution in [2.75, 3.05) is 0 Å². The molecule has 0 amide bonds. The Kier molecular flexibility index (Phi) is 3.48. The zero-order valence-electron chi connectivity index (χ0n) is 9.59. The Morgan fingerprint density at radius 1 is 1.39 bits per heavy atom. The van der Waals surface area contributed by atoms with Gasteiger partial charge in [0.2, 0.25) is 5.70 Å². The van der Waals surface area contributed by atoms with Crippen LogP contribution in [0.4, 0.5) is 0 Å². The maximum atomic E-state index is 10.5. The molecule has 0 aliphatic rings. The normalized spacial score (nSPS) is 11.6. The molecule has 0 fully saturated rings. The molecule has 2 aromatic rings. The van der Waals surface area contributed by atoms with Crippen molar-refractivity contribution in [2.24, 2.45) is 0 Å². The van der Waals surface area contributed by atoms with Crippen LogP contribution in [0.5, 0.6) is 0 Å². The summed E-state index contributed by atoms with van der Waals surface area (Å²) < 4.78 is 5.51. The molecule has 18 heavy (non-hydrogen) atoms. The zero-order chi connectivity index (χ0) is 13.1. The van der Waals surface area contributed by atoms with Crippen LogP contribution < -0.4 is 0 Å². The standard InChI is InChI=1S/C13H10ClNO3/c1-9(15(16)17)7-12-5-6-13(18-12)10-3-2-4-11(14)8-10/h2-8H,1H3/b9-7+. The quantitative estimate of drug-likeness (QED) is 0.615. The Labute approximate surface area is 109 Å². The molecule has 92 valence electrons. The maximum Gasteiger partial charge on any atom is 0.246 e. The first-order chi connectivity index (χ1) is 8.56. The number of halogens is 1. The fourth-order valence-corrected chi connectivity index (χ4v) is 1.68. The summed E-state index contributed by atoms with van der Waals surface area (Å²) in [6, 6.07) is 10.7. The summed E-state index contributed by atoms with van der Waals surface area (Å²) in [5, 5.41) is 11.1. The Morgan fingerprint density at radius 2 is 2.17 bits per heavy atom. The number of allylic oxidation sites excluding steroid dienone is 1. The van der Waals surface area contributed by atoms with Crippen molar-refractivity contribution in [3.8, 4) is 11.3 Å². The molecule has 2 rings (SSSR count). The Balaban J connectivity index is 2.31. The number of furan rings is 1. The van der Waals surface area contributed by atoms with Crippen LogP contribution in [0, 0.1) is 10.1 Å². The summed E-state index contributed by atoms with van der Waals surface area (Å²) in [4.78, 5) is 10.0. The molecule has 1 aromatic carbocycles. The predicted octanol–water partition coefficient (Wildman–Crippen LogP) is 4.24. The third kappa shape index (κ3) is 2.78. The molecule has 0 bridgehead atoms. The second-order valence-electron chi connectivity index (χ2n) is 3.76. The highest BCUT2D eigenvalue weighted by Gasteiger charge is 2.07. The monoisotopic (exact) mass is 263 g/mol. The summed E-state index contributed by atoms with van der Waals surface area (Å²) in [6.07, 6.45) is 1.38. The molecule has 5 heteroatoms. The second kappa shape index (κ2) is 5.06. The third-order valence-corrected chi connectivity index (χ3v) is 2.61. The first kappa shape index (κ1) is 12.4. The van der Waals surface area contributed by atoms with Gasteiger partial charge in [0, 0.05) is 17.5 Å². The van der Waals surface area contributed by atoms with Gasteiger partial charge in [-0.1, -0.05) is 23.7 Å². The lowest BCUT2D eigenvalue weighted by atomic mass is 10.2. The summed E-state index contributed by atoms with van der Waals surface area (Å²) in [5.41, 5.74) is 0.864. The van der Waals surface area contributed by atoms with Crippen LogP contribution in [-0.2, 0) is 0 Å². The Morgan fingerprint density at radius 3 is 2.83 bits per heavy atom. The van der Waals surface area contributed by atoms with Crippen LogP contribution in [-0.4, -0.2) is 4.92 Å². The summed E-state index contributed by atoms with van der Waals surface area (Å²) in [6.45, 7) is 1.42. The van der Waals surface area contributed by atoms with E-state index < -0.39 is 4.92 Å². The Bertz CT molecular complexity index is 616. The minimum Gasteiger partial charge on any atom is -0.456 e. The van der Waals surface area contributed by atoms with Gasteiger partial charge in [0.1, 0.15) is 11.5 Å². The topological polar surface area (TPSA) is 56.3 Å². The van der Waals surface area contributed by atoms with E-state index in [1.807, 2.05) is 12.1 Å². The van der Waals surface area contributed by atoms with Gasteiger partial charge in [-0.2, -0.15) is 0 Å². The van der Waals surface area contributed by atoms with Gasteiger partial charge in [0.15, 0.2) is 0 Å². The van der Waals surface area contributed by atoms with Crippen molar-refractivity contribution in [2.45, 2.75) is 6.92 Å². The molecule has 1 aromatic heterocycles. The van der Waals surface area contributed by atoms with Crippen LogP contribution in [0.25, 0.3) is 17.4 Å². The van der Waals surface area contributed by atoms with E-state index in [0.717, 1.165) is 5.56 Å². The lowest BCUT2D eigenvalue weighted by Gasteiger charge is -1.96. The molecule has 0 aliphatic carbocycles. The van der Waals surface area contributed by atoms with E-state index in [1.165, 1.54) is 13.0 Å². The minimum atomic E-state index is -0.457. The first-order valence-electron chi connectivity index (χ1n) is 5.25. The molecule has 0 N–H and O–H groups in total. The molecule has 0 spiro atoms. The number of hydrogen-bond donors (Lipinski definition) is 0. The van der Waals surface area contributed by atoms with Gasteiger partial charge in [-0.3, -0.25) is 10.1 Å². The van der Waals surface area contributed by atoms with Gasteiger partial charge >= 0.3 is 0 Å². The fourth-order valence-electron chi connectivity index (χ4n) is 1.49. The predicted molar refractivity (Wildman–Crippen MR) is 69.8 cm³/mol. The highest BCUT2D eigenvalue weighted by molar-refractivity contribution is 6.30. The number of rotatable bonds is 3. The Hall–Kier alpha value is -2.07. The van der Waals surface area contributed by atoms with Gasteiger partial charge in [-0.05, 0) is 24.3 Å². The minimum absolute atomic E-state index is 0.0296. The van der Waals surface area contributed by atoms with Gasteiger partial charge in [0.05, 0.1) is 11.0 Å². The molecular weight excluding hydrogens is 254 g/mol. The molecule has 0 aliphatic heterocycles.